The lowest BCUT2D eigenvalue weighted by molar-refractivity contribution is -0.237. The highest BCUT2D eigenvalue weighted by Gasteiger charge is 2.40. The van der Waals surface area contributed by atoms with Crippen molar-refractivity contribution in [2.45, 2.75) is 44.5 Å². The lowest BCUT2D eigenvalue weighted by Gasteiger charge is -2.30. The van der Waals surface area contributed by atoms with Crippen LogP contribution in [0.25, 0.3) is 11.0 Å². The van der Waals surface area contributed by atoms with Gasteiger partial charge in [0.05, 0.1) is 18.1 Å². The van der Waals surface area contributed by atoms with Crippen LogP contribution in [0.1, 0.15) is 26.5 Å². The van der Waals surface area contributed by atoms with Crippen molar-refractivity contribution in [3.8, 4) is 0 Å². The molecule has 0 unspecified atom stereocenters. The monoisotopic (exact) mass is 341 g/mol. The third kappa shape index (κ3) is 3.20. The maximum absolute atomic E-state index is 9.44. The van der Waals surface area contributed by atoms with Crippen molar-refractivity contribution in [3.63, 3.8) is 0 Å². The van der Waals surface area contributed by atoms with Gasteiger partial charge in [0.25, 0.3) is 0 Å². The number of methoxy groups -OCH3 is 1. The van der Waals surface area contributed by atoms with E-state index in [0.29, 0.717) is 17.2 Å². The standard InChI is InChI=1S/C15H20ClN3O4/c1-15(2,21-3)23-11-6-9(7-20)22-14(11)19-5-4-10-12(16)17-8-18-13(10)19/h4-5,8-9,11,14,20H,6-7H2,1-3H3/t9-,11+,14+/m0/s1. The summed E-state index contributed by atoms with van der Waals surface area (Å²) in [7, 11) is 1.59. The number of rotatable bonds is 5. The summed E-state index contributed by atoms with van der Waals surface area (Å²) in [4.78, 5) is 8.27. The highest BCUT2D eigenvalue weighted by atomic mass is 35.5. The van der Waals surface area contributed by atoms with Gasteiger partial charge in [-0.1, -0.05) is 11.6 Å². The van der Waals surface area contributed by atoms with Crippen LogP contribution in [0.5, 0.6) is 0 Å². The normalized spacial score (nSPS) is 25.3. The van der Waals surface area contributed by atoms with Crippen molar-refractivity contribution in [3.05, 3.63) is 23.7 Å². The molecular weight excluding hydrogens is 322 g/mol. The Hall–Kier alpha value is -1.25. The van der Waals surface area contributed by atoms with Gasteiger partial charge in [0.2, 0.25) is 0 Å². The molecule has 0 bridgehead atoms. The fourth-order valence-electron chi connectivity index (χ4n) is 2.74. The van der Waals surface area contributed by atoms with Crippen molar-refractivity contribution in [2.24, 2.45) is 0 Å². The van der Waals surface area contributed by atoms with Gasteiger partial charge in [-0.2, -0.15) is 0 Å². The zero-order chi connectivity index (χ0) is 16.6. The second kappa shape index (κ2) is 6.33. The number of aliphatic hydroxyl groups excluding tert-OH is 1. The van der Waals surface area contributed by atoms with Gasteiger partial charge in [0, 0.05) is 19.7 Å². The molecule has 1 saturated heterocycles. The third-order valence-corrected chi connectivity index (χ3v) is 4.31. The van der Waals surface area contributed by atoms with Crippen LogP contribution in [0.3, 0.4) is 0 Å². The van der Waals surface area contributed by atoms with Crippen LogP contribution in [0.4, 0.5) is 0 Å². The van der Waals surface area contributed by atoms with E-state index in [1.165, 1.54) is 6.33 Å². The van der Waals surface area contributed by atoms with Crippen LogP contribution in [-0.2, 0) is 14.2 Å². The van der Waals surface area contributed by atoms with E-state index >= 15 is 0 Å². The fraction of sp³-hybridized carbons (Fsp3) is 0.600. The van der Waals surface area contributed by atoms with Crippen LogP contribution in [0.15, 0.2) is 18.6 Å². The lowest BCUT2D eigenvalue weighted by atomic mass is 10.2. The fourth-order valence-corrected chi connectivity index (χ4v) is 2.93. The molecule has 3 heterocycles. The molecule has 1 aliphatic rings. The van der Waals surface area contributed by atoms with Gasteiger partial charge in [-0.05, 0) is 19.9 Å². The quantitative estimate of drug-likeness (QED) is 0.663. The minimum Gasteiger partial charge on any atom is -0.394 e. The van der Waals surface area contributed by atoms with E-state index in [-0.39, 0.29) is 18.8 Å². The lowest BCUT2D eigenvalue weighted by Crippen LogP contribution is -2.35. The van der Waals surface area contributed by atoms with Gasteiger partial charge in [-0.15, -0.1) is 0 Å². The van der Waals surface area contributed by atoms with Crippen LogP contribution in [0.2, 0.25) is 5.15 Å². The highest BCUT2D eigenvalue weighted by molar-refractivity contribution is 6.33. The summed E-state index contributed by atoms with van der Waals surface area (Å²) in [6, 6.07) is 1.84. The molecule has 0 saturated carbocycles. The zero-order valence-corrected chi connectivity index (χ0v) is 14.0. The molecule has 1 fully saturated rings. The summed E-state index contributed by atoms with van der Waals surface area (Å²) in [6.07, 6.45) is 2.80. The van der Waals surface area contributed by atoms with Crippen molar-refractivity contribution in [1.82, 2.24) is 14.5 Å². The van der Waals surface area contributed by atoms with Crippen molar-refractivity contribution in [2.75, 3.05) is 13.7 Å². The number of aliphatic hydroxyl groups is 1. The molecule has 1 aliphatic heterocycles. The van der Waals surface area contributed by atoms with E-state index in [0.717, 1.165) is 5.39 Å². The third-order valence-electron chi connectivity index (χ3n) is 4.01. The molecule has 0 radical (unpaired) electrons. The molecule has 8 heteroatoms. The first kappa shape index (κ1) is 16.6. The van der Waals surface area contributed by atoms with Crippen molar-refractivity contribution >= 4 is 22.6 Å². The van der Waals surface area contributed by atoms with Gasteiger partial charge in [-0.3, -0.25) is 0 Å². The topological polar surface area (TPSA) is 78.6 Å². The molecule has 0 amide bonds. The van der Waals surface area contributed by atoms with Gasteiger partial charge >= 0.3 is 0 Å². The Morgan fingerprint density at radius 1 is 1.48 bits per heavy atom. The minimum absolute atomic E-state index is 0.0707. The molecule has 3 atom stereocenters. The summed E-state index contributed by atoms with van der Waals surface area (Å²) in [6.45, 7) is 3.60. The molecule has 23 heavy (non-hydrogen) atoms. The van der Waals surface area contributed by atoms with Gasteiger partial charge in [0.15, 0.2) is 12.0 Å². The second-order valence-corrected chi connectivity index (χ2v) is 6.31. The highest BCUT2D eigenvalue weighted by Crippen LogP contribution is 2.36. The molecule has 3 rings (SSSR count). The SMILES string of the molecule is COC(C)(C)O[C@@H]1C[C@@H](CO)O[C@H]1n1ccc2c(Cl)ncnc21. The summed E-state index contributed by atoms with van der Waals surface area (Å²) >= 11 is 6.10. The number of nitrogens with zero attached hydrogens (tertiary/aromatic N) is 3. The summed E-state index contributed by atoms with van der Waals surface area (Å²) in [5.74, 6) is -0.758. The first-order valence-electron chi connectivity index (χ1n) is 7.41. The van der Waals surface area contributed by atoms with Crippen LogP contribution in [0, 0.1) is 0 Å². The van der Waals surface area contributed by atoms with E-state index < -0.39 is 12.0 Å². The summed E-state index contributed by atoms with van der Waals surface area (Å²) in [5.41, 5.74) is 0.664. The average Bonchev–Trinajstić information content (AvgIpc) is 3.11. The van der Waals surface area contributed by atoms with Crippen LogP contribution in [-0.4, -0.2) is 51.4 Å². The van der Waals surface area contributed by atoms with E-state index in [2.05, 4.69) is 9.97 Å². The first-order chi connectivity index (χ1) is 10.9. The van der Waals surface area contributed by atoms with E-state index in [1.807, 2.05) is 30.7 Å². The Morgan fingerprint density at radius 3 is 2.96 bits per heavy atom. The molecule has 7 nitrogen and oxygen atoms in total. The zero-order valence-electron chi connectivity index (χ0n) is 13.3. The molecule has 2 aromatic rings. The predicted octanol–water partition coefficient (Wildman–Crippen LogP) is 2.13. The number of fused-ring (bicyclic) bond motifs is 1. The molecule has 126 valence electrons. The Kier molecular flexibility index (Phi) is 4.57. The Morgan fingerprint density at radius 2 is 2.26 bits per heavy atom. The second-order valence-electron chi connectivity index (χ2n) is 5.95. The van der Waals surface area contributed by atoms with E-state index in [4.69, 9.17) is 25.8 Å². The summed E-state index contributed by atoms with van der Waals surface area (Å²) in [5, 5.41) is 10.6. The molecular formula is C15H20ClN3O4. The first-order valence-corrected chi connectivity index (χ1v) is 7.79. The van der Waals surface area contributed by atoms with Gasteiger partial charge < -0.3 is 23.9 Å². The van der Waals surface area contributed by atoms with Gasteiger partial charge in [0.1, 0.15) is 23.2 Å². The number of halogens is 1. The maximum Gasteiger partial charge on any atom is 0.162 e. The predicted molar refractivity (Wildman–Crippen MR) is 84.1 cm³/mol. The van der Waals surface area contributed by atoms with Crippen molar-refractivity contribution in [1.29, 1.82) is 0 Å². The Labute approximate surface area is 139 Å². The number of hydrogen-bond acceptors (Lipinski definition) is 6. The Bertz CT molecular complexity index is 690. The minimum atomic E-state index is -0.758. The van der Waals surface area contributed by atoms with Crippen molar-refractivity contribution < 1.29 is 19.3 Å². The molecule has 0 aromatic carbocycles. The summed E-state index contributed by atoms with van der Waals surface area (Å²) < 4.78 is 19.2. The molecule has 0 spiro atoms. The number of aromatic nitrogens is 3. The number of hydrogen-bond donors (Lipinski definition) is 1. The number of ether oxygens (including phenoxy) is 3. The van der Waals surface area contributed by atoms with Gasteiger partial charge in [-0.25, -0.2) is 9.97 Å². The van der Waals surface area contributed by atoms with Crippen LogP contribution < -0.4 is 0 Å². The van der Waals surface area contributed by atoms with E-state index in [1.54, 1.807) is 7.11 Å². The van der Waals surface area contributed by atoms with Crippen LogP contribution >= 0.6 is 11.6 Å². The largest absolute Gasteiger partial charge is 0.394 e. The Balaban J connectivity index is 1.95. The smallest absolute Gasteiger partial charge is 0.162 e. The molecule has 0 aliphatic carbocycles. The molecule has 1 N–H and O–H groups in total. The van der Waals surface area contributed by atoms with E-state index in [9.17, 15) is 5.11 Å². The molecule has 2 aromatic heterocycles. The maximum atomic E-state index is 9.44. The average molecular weight is 342 g/mol.